The van der Waals surface area contributed by atoms with Gasteiger partial charge in [0.05, 0.1) is 19.1 Å². The molecular formula is C10H14N4O3. The van der Waals surface area contributed by atoms with Gasteiger partial charge in [0.1, 0.15) is 0 Å². The van der Waals surface area contributed by atoms with E-state index in [4.69, 9.17) is 4.74 Å². The lowest BCUT2D eigenvalue weighted by Gasteiger charge is -2.24. The van der Waals surface area contributed by atoms with Crippen molar-refractivity contribution in [2.75, 3.05) is 32.6 Å². The minimum absolute atomic E-state index is 0.107. The Hall–Kier alpha value is -1.89. The summed E-state index contributed by atoms with van der Waals surface area (Å²) in [7, 11) is 3.27. The van der Waals surface area contributed by atoms with Gasteiger partial charge in [-0.05, 0) is 0 Å². The molecule has 1 aromatic rings. The monoisotopic (exact) mass is 238 g/mol. The number of ether oxygens (including phenoxy) is 1. The molecule has 1 fully saturated rings. The zero-order valence-electron chi connectivity index (χ0n) is 9.71. The Morgan fingerprint density at radius 3 is 2.76 bits per heavy atom. The number of amides is 2. The molecule has 1 N–H and O–H groups in total. The Morgan fingerprint density at radius 2 is 2.24 bits per heavy atom. The predicted octanol–water partition coefficient (Wildman–Crippen LogP) is -0.00230. The first kappa shape index (κ1) is 11.6. The summed E-state index contributed by atoms with van der Waals surface area (Å²) >= 11 is 0. The second-order valence-corrected chi connectivity index (χ2v) is 4.05. The third-order valence-electron chi connectivity index (χ3n) is 2.43. The lowest BCUT2D eigenvalue weighted by Crippen LogP contribution is -2.38. The second-order valence-electron chi connectivity index (χ2n) is 4.05. The van der Waals surface area contributed by atoms with Crippen LogP contribution in [0, 0.1) is 5.92 Å². The highest BCUT2D eigenvalue weighted by Gasteiger charge is 2.26. The SMILES string of the molecule is CN(C)C(=O)n1ccc(NC(=O)C2COC2)n1. The van der Waals surface area contributed by atoms with Crippen LogP contribution < -0.4 is 5.32 Å². The van der Waals surface area contributed by atoms with Gasteiger partial charge >= 0.3 is 6.03 Å². The van der Waals surface area contributed by atoms with Gasteiger partial charge in [-0.2, -0.15) is 4.68 Å². The highest BCUT2D eigenvalue weighted by atomic mass is 16.5. The van der Waals surface area contributed by atoms with Gasteiger partial charge in [-0.15, -0.1) is 5.10 Å². The standard InChI is InChI=1S/C10H14N4O3/c1-13(2)10(16)14-4-3-8(12-14)11-9(15)7-5-17-6-7/h3-4,7H,5-6H2,1-2H3,(H,11,12,15). The molecule has 0 aromatic carbocycles. The van der Waals surface area contributed by atoms with Gasteiger partial charge in [0.25, 0.3) is 0 Å². The van der Waals surface area contributed by atoms with Crippen LogP contribution in [0.15, 0.2) is 12.3 Å². The summed E-state index contributed by atoms with van der Waals surface area (Å²) in [4.78, 5) is 24.5. The lowest BCUT2D eigenvalue weighted by molar-refractivity contribution is -0.133. The maximum atomic E-state index is 11.6. The number of rotatable bonds is 2. The van der Waals surface area contributed by atoms with Crippen LogP contribution in [0.25, 0.3) is 0 Å². The van der Waals surface area contributed by atoms with Gasteiger partial charge in [0.15, 0.2) is 5.82 Å². The van der Waals surface area contributed by atoms with Crippen molar-refractivity contribution in [3.63, 3.8) is 0 Å². The van der Waals surface area contributed by atoms with Crippen molar-refractivity contribution in [2.45, 2.75) is 0 Å². The number of anilines is 1. The minimum Gasteiger partial charge on any atom is -0.380 e. The molecule has 0 radical (unpaired) electrons. The summed E-state index contributed by atoms with van der Waals surface area (Å²) in [6.45, 7) is 0.895. The second kappa shape index (κ2) is 4.54. The molecule has 0 aliphatic carbocycles. The normalized spacial score (nSPS) is 15.2. The maximum absolute atomic E-state index is 11.6. The third-order valence-corrected chi connectivity index (χ3v) is 2.43. The van der Waals surface area contributed by atoms with Gasteiger partial charge in [0, 0.05) is 26.4 Å². The van der Waals surface area contributed by atoms with Crippen LogP contribution in [-0.2, 0) is 9.53 Å². The van der Waals surface area contributed by atoms with Crippen molar-refractivity contribution in [3.8, 4) is 0 Å². The van der Waals surface area contributed by atoms with Crippen molar-refractivity contribution in [3.05, 3.63) is 12.3 Å². The molecule has 7 nitrogen and oxygen atoms in total. The summed E-state index contributed by atoms with van der Waals surface area (Å²) in [5.74, 6) is 0.139. The van der Waals surface area contributed by atoms with E-state index in [0.29, 0.717) is 19.0 Å². The van der Waals surface area contributed by atoms with Crippen LogP contribution in [0.2, 0.25) is 0 Å². The van der Waals surface area contributed by atoms with E-state index < -0.39 is 0 Å². The molecule has 92 valence electrons. The number of nitrogens with zero attached hydrogens (tertiary/aromatic N) is 3. The average molecular weight is 238 g/mol. The summed E-state index contributed by atoms with van der Waals surface area (Å²) in [6.07, 6.45) is 1.51. The molecule has 0 bridgehead atoms. The summed E-state index contributed by atoms with van der Waals surface area (Å²) in [5, 5.41) is 6.60. The first-order chi connectivity index (χ1) is 8.08. The molecule has 2 heterocycles. The molecule has 0 saturated carbocycles. The van der Waals surface area contributed by atoms with E-state index in [1.165, 1.54) is 15.8 Å². The van der Waals surface area contributed by atoms with Crippen molar-refractivity contribution in [1.82, 2.24) is 14.7 Å². The molecule has 1 saturated heterocycles. The summed E-state index contributed by atoms with van der Waals surface area (Å²) in [5.41, 5.74) is 0. The number of hydrogen-bond acceptors (Lipinski definition) is 4. The van der Waals surface area contributed by atoms with Crippen LogP contribution in [0.4, 0.5) is 10.6 Å². The van der Waals surface area contributed by atoms with Crippen LogP contribution in [0.3, 0.4) is 0 Å². The van der Waals surface area contributed by atoms with E-state index in [1.54, 1.807) is 20.2 Å². The molecule has 2 amide bonds. The van der Waals surface area contributed by atoms with E-state index in [-0.39, 0.29) is 17.9 Å². The summed E-state index contributed by atoms with van der Waals surface area (Å²) < 4.78 is 6.09. The molecule has 0 unspecified atom stereocenters. The Labute approximate surface area is 98.3 Å². The van der Waals surface area contributed by atoms with Gasteiger partial charge in [-0.1, -0.05) is 0 Å². The Balaban J connectivity index is 1.98. The van der Waals surface area contributed by atoms with Crippen molar-refractivity contribution in [1.29, 1.82) is 0 Å². The number of carbonyl (C=O) groups excluding carboxylic acids is 2. The number of carbonyl (C=O) groups is 2. The van der Waals surface area contributed by atoms with E-state index in [0.717, 1.165) is 0 Å². The summed E-state index contributed by atoms with van der Waals surface area (Å²) in [6, 6.07) is 1.32. The quantitative estimate of drug-likeness (QED) is 0.786. The van der Waals surface area contributed by atoms with Crippen molar-refractivity contribution in [2.24, 2.45) is 5.92 Å². The van der Waals surface area contributed by atoms with E-state index >= 15 is 0 Å². The van der Waals surface area contributed by atoms with Gasteiger partial charge in [0.2, 0.25) is 5.91 Å². The molecule has 7 heteroatoms. The number of nitrogens with one attached hydrogen (secondary N) is 1. The van der Waals surface area contributed by atoms with E-state index in [1.807, 2.05) is 0 Å². The van der Waals surface area contributed by atoms with Crippen LogP contribution >= 0.6 is 0 Å². The largest absolute Gasteiger partial charge is 0.380 e. The fourth-order valence-corrected chi connectivity index (χ4v) is 1.32. The Kier molecular flexibility index (Phi) is 3.10. The van der Waals surface area contributed by atoms with Crippen LogP contribution in [0.1, 0.15) is 0 Å². The zero-order valence-corrected chi connectivity index (χ0v) is 9.71. The lowest BCUT2D eigenvalue weighted by atomic mass is 10.1. The van der Waals surface area contributed by atoms with Crippen molar-refractivity contribution < 1.29 is 14.3 Å². The predicted molar refractivity (Wildman–Crippen MR) is 59.6 cm³/mol. The molecule has 17 heavy (non-hydrogen) atoms. The smallest absolute Gasteiger partial charge is 0.344 e. The molecule has 1 aliphatic rings. The first-order valence-electron chi connectivity index (χ1n) is 5.24. The van der Waals surface area contributed by atoms with E-state index in [9.17, 15) is 9.59 Å². The molecule has 1 aliphatic heterocycles. The fourth-order valence-electron chi connectivity index (χ4n) is 1.32. The first-order valence-corrected chi connectivity index (χ1v) is 5.24. The number of aromatic nitrogens is 2. The molecule has 0 spiro atoms. The van der Waals surface area contributed by atoms with Crippen LogP contribution in [-0.4, -0.2) is 53.9 Å². The maximum Gasteiger partial charge on any atom is 0.344 e. The molecule has 2 rings (SSSR count). The van der Waals surface area contributed by atoms with Gasteiger partial charge < -0.3 is 15.0 Å². The van der Waals surface area contributed by atoms with Crippen molar-refractivity contribution >= 4 is 17.8 Å². The van der Waals surface area contributed by atoms with Gasteiger partial charge in [-0.25, -0.2) is 4.79 Å². The number of hydrogen-bond donors (Lipinski definition) is 1. The molecule has 1 aromatic heterocycles. The molecule has 0 atom stereocenters. The minimum atomic E-state index is -0.266. The highest BCUT2D eigenvalue weighted by Crippen LogP contribution is 2.13. The topological polar surface area (TPSA) is 76.5 Å². The Bertz CT molecular complexity index is 437. The molecular weight excluding hydrogens is 224 g/mol. The highest BCUT2D eigenvalue weighted by molar-refractivity contribution is 5.92. The van der Waals surface area contributed by atoms with E-state index in [2.05, 4.69) is 10.4 Å². The average Bonchev–Trinajstić information content (AvgIpc) is 2.61. The fraction of sp³-hybridized carbons (Fsp3) is 0.500. The van der Waals surface area contributed by atoms with Crippen LogP contribution in [0.5, 0.6) is 0 Å². The van der Waals surface area contributed by atoms with Gasteiger partial charge in [-0.3, -0.25) is 4.79 Å². The Morgan fingerprint density at radius 1 is 1.53 bits per heavy atom. The third kappa shape index (κ3) is 2.44. The zero-order chi connectivity index (χ0) is 12.4.